The van der Waals surface area contributed by atoms with Gasteiger partial charge in [0.15, 0.2) is 0 Å². The van der Waals surface area contributed by atoms with Gasteiger partial charge in [-0.3, -0.25) is 4.79 Å². The van der Waals surface area contributed by atoms with E-state index in [4.69, 9.17) is 0 Å². The summed E-state index contributed by atoms with van der Waals surface area (Å²) >= 11 is 0. The highest BCUT2D eigenvalue weighted by atomic mass is 19.1. The summed E-state index contributed by atoms with van der Waals surface area (Å²) in [7, 11) is 0. The highest BCUT2D eigenvalue weighted by Crippen LogP contribution is 2.15. The molecule has 0 aliphatic carbocycles. The Kier molecular flexibility index (Phi) is 3.64. The Morgan fingerprint density at radius 1 is 1.16 bits per heavy atom. The maximum Gasteiger partial charge on any atom is 0.244 e. The van der Waals surface area contributed by atoms with Crippen LogP contribution in [0.5, 0.6) is 0 Å². The zero-order chi connectivity index (χ0) is 14.0. The van der Waals surface area contributed by atoms with E-state index in [1.807, 2.05) is 30.5 Å². The largest absolute Gasteiger partial charge is 0.340 e. The van der Waals surface area contributed by atoms with Crippen molar-refractivity contribution in [1.82, 2.24) is 4.57 Å². The minimum Gasteiger partial charge on any atom is -0.340 e. The summed E-state index contributed by atoms with van der Waals surface area (Å²) in [5.41, 5.74) is 1.88. The number of carbonyl (C=O) groups is 1. The van der Waals surface area contributed by atoms with Crippen LogP contribution < -0.4 is 5.32 Å². The van der Waals surface area contributed by atoms with Crippen molar-refractivity contribution in [2.45, 2.75) is 20.4 Å². The van der Waals surface area contributed by atoms with Crippen LogP contribution in [-0.4, -0.2) is 10.5 Å². The summed E-state index contributed by atoms with van der Waals surface area (Å²) in [4.78, 5) is 11.8. The Hall–Kier alpha value is -2.17. The molecular weight excluding hydrogens is 250 g/mol. The SMILES string of the molecule is Cc1ccc(C)n1CC(=O)Nc1ccc(F)cc1F. The molecule has 1 aromatic heterocycles. The number of nitrogens with zero attached hydrogens (tertiary/aromatic N) is 1. The summed E-state index contributed by atoms with van der Waals surface area (Å²) in [6.07, 6.45) is 0. The van der Waals surface area contributed by atoms with Gasteiger partial charge in [0.05, 0.1) is 5.69 Å². The molecule has 0 saturated heterocycles. The predicted molar refractivity (Wildman–Crippen MR) is 68.9 cm³/mol. The molecule has 0 spiro atoms. The summed E-state index contributed by atoms with van der Waals surface area (Å²) in [5.74, 6) is -1.81. The molecule has 2 rings (SSSR count). The standard InChI is InChI=1S/C14H14F2N2O/c1-9-3-4-10(2)18(9)8-14(19)17-13-6-5-11(15)7-12(13)16/h3-7H,8H2,1-2H3,(H,17,19). The molecule has 0 saturated carbocycles. The van der Waals surface area contributed by atoms with Gasteiger partial charge in [-0.25, -0.2) is 8.78 Å². The van der Waals surface area contributed by atoms with Gasteiger partial charge in [-0.2, -0.15) is 0 Å². The number of amides is 1. The minimum atomic E-state index is -0.783. The molecule has 0 fully saturated rings. The van der Waals surface area contributed by atoms with Gasteiger partial charge in [0.2, 0.25) is 5.91 Å². The second kappa shape index (κ2) is 5.22. The highest BCUT2D eigenvalue weighted by Gasteiger charge is 2.10. The van der Waals surface area contributed by atoms with Crippen LogP contribution >= 0.6 is 0 Å². The van der Waals surface area contributed by atoms with Crippen LogP contribution in [0, 0.1) is 25.5 Å². The zero-order valence-corrected chi connectivity index (χ0v) is 10.7. The van der Waals surface area contributed by atoms with Crippen LogP contribution in [0.3, 0.4) is 0 Å². The van der Waals surface area contributed by atoms with E-state index < -0.39 is 11.6 Å². The number of carbonyl (C=O) groups excluding carboxylic acids is 1. The maximum absolute atomic E-state index is 13.4. The maximum atomic E-state index is 13.4. The van der Waals surface area contributed by atoms with Crippen molar-refractivity contribution in [3.8, 4) is 0 Å². The van der Waals surface area contributed by atoms with Gasteiger partial charge in [-0.05, 0) is 38.1 Å². The lowest BCUT2D eigenvalue weighted by Crippen LogP contribution is -2.20. The Balaban J connectivity index is 2.10. The lowest BCUT2D eigenvalue weighted by molar-refractivity contribution is -0.116. The fourth-order valence-corrected chi connectivity index (χ4v) is 1.87. The molecule has 5 heteroatoms. The van der Waals surface area contributed by atoms with Gasteiger partial charge in [-0.15, -0.1) is 0 Å². The molecule has 2 aromatic rings. The third-order valence-corrected chi connectivity index (χ3v) is 2.92. The van der Waals surface area contributed by atoms with Crippen LogP contribution in [0.25, 0.3) is 0 Å². The zero-order valence-electron chi connectivity index (χ0n) is 10.7. The highest BCUT2D eigenvalue weighted by molar-refractivity contribution is 5.90. The lowest BCUT2D eigenvalue weighted by atomic mass is 10.3. The number of benzene rings is 1. The number of anilines is 1. The molecule has 1 aromatic carbocycles. The van der Waals surface area contributed by atoms with E-state index in [-0.39, 0.29) is 18.1 Å². The van der Waals surface area contributed by atoms with E-state index in [2.05, 4.69) is 5.32 Å². The fraction of sp³-hybridized carbons (Fsp3) is 0.214. The predicted octanol–water partition coefficient (Wildman–Crippen LogP) is 3.02. The molecule has 0 bridgehead atoms. The van der Waals surface area contributed by atoms with Crippen molar-refractivity contribution in [1.29, 1.82) is 0 Å². The van der Waals surface area contributed by atoms with Crippen molar-refractivity contribution in [2.24, 2.45) is 0 Å². The molecule has 0 aliphatic heterocycles. The number of nitrogens with one attached hydrogen (secondary N) is 1. The van der Waals surface area contributed by atoms with Crippen LogP contribution in [-0.2, 0) is 11.3 Å². The number of hydrogen-bond donors (Lipinski definition) is 1. The Morgan fingerprint density at radius 3 is 2.37 bits per heavy atom. The summed E-state index contributed by atoms with van der Waals surface area (Å²) in [6.45, 7) is 3.87. The molecule has 0 aliphatic rings. The lowest BCUT2D eigenvalue weighted by Gasteiger charge is -2.10. The second-order valence-corrected chi connectivity index (χ2v) is 4.37. The Bertz CT molecular complexity index is 600. The molecular formula is C14H14F2N2O. The topological polar surface area (TPSA) is 34.0 Å². The average molecular weight is 264 g/mol. The molecule has 19 heavy (non-hydrogen) atoms. The number of aromatic nitrogens is 1. The quantitative estimate of drug-likeness (QED) is 0.908. The van der Waals surface area contributed by atoms with E-state index in [1.165, 1.54) is 6.07 Å². The van der Waals surface area contributed by atoms with Crippen LogP contribution in [0.4, 0.5) is 14.5 Å². The molecule has 0 unspecified atom stereocenters. The summed E-state index contributed by atoms with van der Waals surface area (Å²) in [5, 5.41) is 2.43. The monoisotopic (exact) mass is 264 g/mol. The molecule has 100 valence electrons. The Morgan fingerprint density at radius 2 is 1.79 bits per heavy atom. The third-order valence-electron chi connectivity index (χ3n) is 2.92. The van der Waals surface area contributed by atoms with Crippen LogP contribution in [0.1, 0.15) is 11.4 Å². The first kappa shape index (κ1) is 13.3. The molecule has 1 heterocycles. The van der Waals surface area contributed by atoms with Gasteiger partial charge in [0, 0.05) is 17.5 Å². The number of halogens is 2. The Labute approximate surface area is 109 Å². The first-order chi connectivity index (χ1) is 8.97. The molecule has 1 N–H and O–H groups in total. The molecule has 0 atom stereocenters. The number of rotatable bonds is 3. The van der Waals surface area contributed by atoms with Gasteiger partial charge >= 0.3 is 0 Å². The minimum absolute atomic E-state index is 0.0196. The van der Waals surface area contributed by atoms with Crippen molar-refractivity contribution < 1.29 is 13.6 Å². The van der Waals surface area contributed by atoms with E-state index in [9.17, 15) is 13.6 Å². The first-order valence-electron chi connectivity index (χ1n) is 5.85. The van der Waals surface area contributed by atoms with Crippen molar-refractivity contribution in [3.63, 3.8) is 0 Å². The summed E-state index contributed by atoms with van der Waals surface area (Å²) < 4.78 is 27.9. The van der Waals surface area contributed by atoms with Gasteiger partial charge in [-0.1, -0.05) is 0 Å². The van der Waals surface area contributed by atoms with E-state index in [0.29, 0.717) is 0 Å². The van der Waals surface area contributed by atoms with Crippen LogP contribution in [0.2, 0.25) is 0 Å². The van der Waals surface area contributed by atoms with E-state index >= 15 is 0 Å². The third kappa shape index (κ3) is 2.99. The van der Waals surface area contributed by atoms with Crippen molar-refractivity contribution in [3.05, 3.63) is 53.4 Å². The number of aryl methyl sites for hydroxylation is 2. The van der Waals surface area contributed by atoms with Gasteiger partial charge in [0.1, 0.15) is 18.2 Å². The molecule has 3 nitrogen and oxygen atoms in total. The van der Waals surface area contributed by atoms with Crippen molar-refractivity contribution in [2.75, 3.05) is 5.32 Å². The first-order valence-corrected chi connectivity index (χ1v) is 5.85. The smallest absolute Gasteiger partial charge is 0.244 e. The normalized spacial score (nSPS) is 10.5. The number of hydrogen-bond acceptors (Lipinski definition) is 1. The summed E-state index contributed by atoms with van der Waals surface area (Å²) in [6, 6.07) is 6.85. The average Bonchev–Trinajstić information content (AvgIpc) is 2.65. The van der Waals surface area contributed by atoms with Crippen molar-refractivity contribution >= 4 is 11.6 Å². The van der Waals surface area contributed by atoms with Gasteiger partial charge < -0.3 is 9.88 Å². The molecule has 1 amide bonds. The van der Waals surface area contributed by atoms with Gasteiger partial charge in [0.25, 0.3) is 0 Å². The molecule has 0 radical (unpaired) electrons. The van der Waals surface area contributed by atoms with E-state index in [1.54, 1.807) is 0 Å². The second-order valence-electron chi connectivity index (χ2n) is 4.37. The van der Waals surface area contributed by atoms with E-state index in [0.717, 1.165) is 23.5 Å². The van der Waals surface area contributed by atoms with Crippen LogP contribution in [0.15, 0.2) is 30.3 Å². The fourth-order valence-electron chi connectivity index (χ4n) is 1.87.